The molecule has 100 valence electrons. The number of ketones is 1. The molecule has 1 N–H and O–H groups in total. The normalized spacial score (nSPS) is 15.6. The van der Waals surface area contributed by atoms with Crippen LogP contribution in [0.5, 0.6) is 0 Å². The van der Waals surface area contributed by atoms with Gasteiger partial charge in [-0.05, 0) is 25.8 Å². The SMILES string of the molecule is CC1=C(Nc2cc([N+](=O)[O-])ccc2Cl)CCCC1=O. The minimum absolute atomic E-state index is 0.0349. The number of nitro benzene ring substituents is 1. The minimum atomic E-state index is -0.477. The summed E-state index contributed by atoms with van der Waals surface area (Å²) in [4.78, 5) is 21.9. The number of carbonyl (C=O) groups is 1. The van der Waals surface area contributed by atoms with E-state index in [9.17, 15) is 14.9 Å². The number of halogens is 1. The van der Waals surface area contributed by atoms with E-state index in [1.54, 1.807) is 6.92 Å². The lowest BCUT2D eigenvalue weighted by Crippen LogP contribution is -2.14. The number of benzene rings is 1. The Labute approximate surface area is 115 Å². The van der Waals surface area contributed by atoms with E-state index < -0.39 is 4.92 Å². The number of rotatable bonds is 3. The number of hydrogen-bond donors (Lipinski definition) is 1. The second-order valence-electron chi connectivity index (χ2n) is 4.43. The molecule has 1 aliphatic carbocycles. The summed E-state index contributed by atoms with van der Waals surface area (Å²) in [5.41, 5.74) is 1.89. The lowest BCUT2D eigenvalue weighted by molar-refractivity contribution is -0.384. The molecular weight excluding hydrogens is 268 g/mol. The quantitative estimate of drug-likeness (QED) is 0.677. The molecular formula is C13H13ClN2O3. The molecule has 1 aromatic carbocycles. The van der Waals surface area contributed by atoms with Crippen LogP contribution in [0.2, 0.25) is 5.02 Å². The van der Waals surface area contributed by atoms with E-state index in [-0.39, 0.29) is 11.5 Å². The van der Waals surface area contributed by atoms with Gasteiger partial charge in [0.2, 0.25) is 0 Å². The van der Waals surface area contributed by atoms with E-state index in [4.69, 9.17) is 11.6 Å². The minimum Gasteiger partial charge on any atom is -0.357 e. The third-order valence-corrected chi connectivity index (χ3v) is 3.48. The van der Waals surface area contributed by atoms with Gasteiger partial charge in [-0.25, -0.2) is 0 Å². The Hall–Kier alpha value is -1.88. The molecule has 0 fully saturated rings. The van der Waals surface area contributed by atoms with Crippen LogP contribution in [-0.4, -0.2) is 10.7 Å². The molecule has 1 aliphatic rings. The first-order chi connectivity index (χ1) is 8.99. The first-order valence-electron chi connectivity index (χ1n) is 5.93. The lowest BCUT2D eigenvalue weighted by atomic mass is 9.96. The van der Waals surface area contributed by atoms with Crippen molar-refractivity contribution in [2.75, 3.05) is 5.32 Å². The highest BCUT2D eigenvalue weighted by Crippen LogP contribution is 2.30. The summed E-state index contributed by atoms with van der Waals surface area (Å²) < 4.78 is 0. The molecule has 2 rings (SSSR count). The van der Waals surface area contributed by atoms with Gasteiger partial charge in [0.15, 0.2) is 5.78 Å². The monoisotopic (exact) mass is 280 g/mol. The van der Waals surface area contributed by atoms with Gasteiger partial charge in [0.05, 0.1) is 15.6 Å². The van der Waals surface area contributed by atoms with Gasteiger partial charge < -0.3 is 5.32 Å². The van der Waals surface area contributed by atoms with E-state index in [1.807, 2.05) is 0 Å². The van der Waals surface area contributed by atoms with Gasteiger partial charge in [-0.1, -0.05) is 11.6 Å². The topological polar surface area (TPSA) is 72.2 Å². The zero-order valence-corrected chi connectivity index (χ0v) is 11.2. The highest BCUT2D eigenvalue weighted by atomic mass is 35.5. The summed E-state index contributed by atoms with van der Waals surface area (Å²) in [7, 11) is 0. The van der Waals surface area contributed by atoms with Crippen molar-refractivity contribution in [2.45, 2.75) is 26.2 Å². The zero-order chi connectivity index (χ0) is 14.0. The first-order valence-corrected chi connectivity index (χ1v) is 6.30. The van der Waals surface area contributed by atoms with Gasteiger partial charge in [-0.2, -0.15) is 0 Å². The number of anilines is 1. The average molecular weight is 281 g/mol. The second kappa shape index (κ2) is 5.40. The Bertz CT molecular complexity index is 581. The number of carbonyl (C=O) groups excluding carboxylic acids is 1. The van der Waals surface area contributed by atoms with Crippen molar-refractivity contribution in [3.63, 3.8) is 0 Å². The maximum absolute atomic E-state index is 11.6. The number of nitrogens with one attached hydrogen (secondary N) is 1. The van der Waals surface area contributed by atoms with Crippen molar-refractivity contribution in [3.05, 3.63) is 44.6 Å². The fraction of sp³-hybridized carbons (Fsp3) is 0.308. The predicted molar refractivity (Wildman–Crippen MR) is 73.3 cm³/mol. The zero-order valence-electron chi connectivity index (χ0n) is 10.4. The van der Waals surface area contributed by atoms with Crippen LogP contribution in [0.3, 0.4) is 0 Å². The summed E-state index contributed by atoms with van der Waals surface area (Å²) in [6.45, 7) is 1.76. The predicted octanol–water partition coefficient (Wildman–Crippen LogP) is 3.69. The van der Waals surface area contributed by atoms with Crippen LogP contribution >= 0.6 is 11.6 Å². The molecule has 5 nitrogen and oxygen atoms in total. The van der Waals surface area contributed by atoms with E-state index in [2.05, 4.69) is 5.32 Å². The van der Waals surface area contributed by atoms with Crippen LogP contribution in [0.1, 0.15) is 26.2 Å². The Balaban J connectivity index is 2.33. The molecule has 0 aromatic heterocycles. The van der Waals surface area contributed by atoms with Crippen molar-refractivity contribution in [2.24, 2.45) is 0 Å². The highest BCUT2D eigenvalue weighted by molar-refractivity contribution is 6.33. The molecule has 0 unspecified atom stereocenters. The summed E-state index contributed by atoms with van der Waals surface area (Å²) in [6.07, 6.45) is 2.08. The molecule has 0 saturated heterocycles. The maximum atomic E-state index is 11.6. The number of hydrogen-bond acceptors (Lipinski definition) is 4. The maximum Gasteiger partial charge on any atom is 0.271 e. The third-order valence-electron chi connectivity index (χ3n) is 3.15. The standard InChI is InChI=1S/C13H13ClN2O3/c1-8-11(3-2-4-13(8)17)15-12-7-9(16(18)19)5-6-10(12)14/h5-7,15H,2-4H2,1H3. The Morgan fingerprint density at radius 2 is 2.11 bits per heavy atom. The van der Waals surface area contributed by atoms with Crippen molar-refractivity contribution < 1.29 is 9.72 Å². The molecule has 0 amide bonds. The fourth-order valence-corrected chi connectivity index (χ4v) is 2.18. The Kier molecular flexibility index (Phi) is 3.85. The van der Waals surface area contributed by atoms with E-state index >= 15 is 0 Å². The van der Waals surface area contributed by atoms with Gasteiger partial charge in [-0.3, -0.25) is 14.9 Å². The number of Topliss-reactive ketones (excluding diaryl/α,β-unsaturated/α-hetero) is 1. The second-order valence-corrected chi connectivity index (χ2v) is 4.83. The lowest BCUT2D eigenvalue weighted by Gasteiger charge is -2.19. The number of allylic oxidation sites excluding steroid dienone is 2. The Morgan fingerprint density at radius 3 is 2.79 bits per heavy atom. The molecule has 6 heteroatoms. The van der Waals surface area contributed by atoms with Crippen LogP contribution in [0, 0.1) is 10.1 Å². The molecule has 0 heterocycles. The fourth-order valence-electron chi connectivity index (χ4n) is 2.01. The van der Waals surface area contributed by atoms with Crippen LogP contribution in [0.25, 0.3) is 0 Å². The number of non-ortho nitro benzene ring substituents is 1. The molecule has 0 saturated carbocycles. The highest BCUT2D eigenvalue weighted by Gasteiger charge is 2.18. The van der Waals surface area contributed by atoms with E-state index in [0.29, 0.717) is 22.7 Å². The van der Waals surface area contributed by atoms with Crippen LogP contribution in [0.4, 0.5) is 11.4 Å². The van der Waals surface area contributed by atoms with Crippen molar-refractivity contribution in [1.82, 2.24) is 0 Å². The molecule has 0 radical (unpaired) electrons. The molecule has 1 aromatic rings. The average Bonchev–Trinajstić information content (AvgIpc) is 2.37. The number of nitrogens with zero attached hydrogens (tertiary/aromatic N) is 1. The van der Waals surface area contributed by atoms with Crippen molar-refractivity contribution >= 4 is 28.8 Å². The van der Waals surface area contributed by atoms with E-state index in [0.717, 1.165) is 18.5 Å². The third kappa shape index (κ3) is 2.93. The Morgan fingerprint density at radius 1 is 1.37 bits per heavy atom. The summed E-state index contributed by atoms with van der Waals surface area (Å²) in [5.74, 6) is 0.107. The molecule has 0 spiro atoms. The largest absolute Gasteiger partial charge is 0.357 e. The van der Waals surface area contributed by atoms with Gasteiger partial charge in [-0.15, -0.1) is 0 Å². The van der Waals surface area contributed by atoms with Crippen LogP contribution in [0.15, 0.2) is 29.5 Å². The van der Waals surface area contributed by atoms with Gasteiger partial charge in [0, 0.05) is 29.8 Å². The van der Waals surface area contributed by atoms with E-state index in [1.165, 1.54) is 18.2 Å². The molecule has 0 aliphatic heterocycles. The van der Waals surface area contributed by atoms with Crippen LogP contribution in [-0.2, 0) is 4.79 Å². The number of nitro groups is 1. The first kappa shape index (κ1) is 13.5. The van der Waals surface area contributed by atoms with Crippen molar-refractivity contribution in [1.29, 1.82) is 0 Å². The van der Waals surface area contributed by atoms with Gasteiger partial charge >= 0.3 is 0 Å². The van der Waals surface area contributed by atoms with Crippen LogP contribution < -0.4 is 5.32 Å². The molecule has 0 atom stereocenters. The smallest absolute Gasteiger partial charge is 0.271 e. The summed E-state index contributed by atoms with van der Waals surface area (Å²) >= 11 is 6.01. The van der Waals surface area contributed by atoms with Gasteiger partial charge in [0.1, 0.15) is 0 Å². The summed E-state index contributed by atoms with van der Waals surface area (Å²) in [6, 6.07) is 4.20. The van der Waals surface area contributed by atoms with Gasteiger partial charge in [0.25, 0.3) is 5.69 Å². The molecule has 0 bridgehead atoms. The summed E-state index contributed by atoms with van der Waals surface area (Å²) in [5, 5.41) is 14.2. The molecule has 19 heavy (non-hydrogen) atoms. The van der Waals surface area contributed by atoms with Crippen molar-refractivity contribution in [3.8, 4) is 0 Å².